The Labute approximate surface area is 200 Å². The number of nitrogens with one attached hydrogen (secondary N) is 2. The van der Waals surface area contributed by atoms with Gasteiger partial charge in [-0.3, -0.25) is 4.68 Å². The van der Waals surface area contributed by atoms with Crippen molar-refractivity contribution in [2.45, 2.75) is 13.0 Å². The molecule has 0 fully saturated rings. The van der Waals surface area contributed by atoms with E-state index in [2.05, 4.69) is 15.7 Å². The number of carbonyl (C=O) groups excluding carboxylic acids is 1. The van der Waals surface area contributed by atoms with Crippen LogP contribution >= 0.6 is 23.6 Å². The number of esters is 1. The van der Waals surface area contributed by atoms with Crippen LogP contribution in [0.2, 0.25) is 0 Å². The Morgan fingerprint density at radius 3 is 2.61 bits per heavy atom. The van der Waals surface area contributed by atoms with Crippen LogP contribution in [-0.2, 0) is 17.7 Å². The number of thiocarbonyl (C=S) groups is 1. The van der Waals surface area contributed by atoms with Crippen LogP contribution < -0.4 is 10.6 Å². The molecule has 0 unspecified atom stereocenters. The molecule has 4 aromatic rings. The van der Waals surface area contributed by atoms with Gasteiger partial charge in [0.1, 0.15) is 10.8 Å². The van der Waals surface area contributed by atoms with Crippen molar-refractivity contribution in [3.63, 3.8) is 0 Å². The van der Waals surface area contributed by atoms with Crippen LogP contribution in [0.4, 0.5) is 15.1 Å². The van der Waals surface area contributed by atoms with Crippen LogP contribution in [0, 0.1) is 5.82 Å². The molecule has 2 aromatic carbocycles. The lowest BCUT2D eigenvalue weighted by Crippen LogP contribution is -2.19. The quantitative estimate of drug-likeness (QED) is 0.276. The maximum absolute atomic E-state index is 13.1. The Morgan fingerprint density at radius 1 is 1.12 bits per heavy atom. The predicted octanol–water partition coefficient (Wildman–Crippen LogP) is 5.32. The number of hydrogen-bond acceptors (Lipinski definition) is 5. The van der Waals surface area contributed by atoms with Gasteiger partial charge in [0.15, 0.2) is 5.11 Å². The number of rotatable bonds is 7. The molecular formula is C24H21FN4O2S2. The summed E-state index contributed by atoms with van der Waals surface area (Å²) in [7, 11) is 1.35. The van der Waals surface area contributed by atoms with Gasteiger partial charge < -0.3 is 15.4 Å². The average molecular weight is 481 g/mol. The van der Waals surface area contributed by atoms with Crippen molar-refractivity contribution < 1.29 is 13.9 Å². The molecule has 2 heterocycles. The molecule has 0 aliphatic heterocycles. The van der Waals surface area contributed by atoms with E-state index in [0.717, 1.165) is 16.0 Å². The lowest BCUT2D eigenvalue weighted by Gasteiger charge is -2.08. The van der Waals surface area contributed by atoms with E-state index in [9.17, 15) is 9.18 Å². The third-order valence-electron chi connectivity index (χ3n) is 4.79. The van der Waals surface area contributed by atoms with Crippen LogP contribution in [0.1, 0.15) is 26.4 Å². The molecule has 168 valence electrons. The van der Waals surface area contributed by atoms with Crippen molar-refractivity contribution in [2.75, 3.05) is 17.7 Å². The molecule has 0 atom stereocenters. The van der Waals surface area contributed by atoms with E-state index < -0.39 is 5.97 Å². The summed E-state index contributed by atoms with van der Waals surface area (Å²) in [6, 6.07) is 18.1. The minimum atomic E-state index is -0.428. The fraction of sp³-hybridized carbons (Fsp3) is 0.125. The van der Waals surface area contributed by atoms with Crippen molar-refractivity contribution in [3.8, 4) is 0 Å². The van der Waals surface area contributed by atoms with Crippen LogP contribution in [0.25, 0.3) is 0 Å². The number of halogens is 1. The summed E-state index contributed by atoms with van der Waals surface area (Å²) >= 11 is 6.90. The highest BCUT2D eigenvalue weighted by Crippen LogP contribution is 2.30. The van der Waals surface area contributed by atoms with Gasteiger partial charge in [0.25, 0.3) is 0 Å². The molecule has 4 rings (SSSR count). The first-order valence-electron chi connectivity index (χ1n) is 10.1. The third-order valence-corrected chi connectivity index (χ3v) is 6.04. The fourth-order valence-electron chi connectivity index (χ4n) is 3.24. The van der Waals surface area contributed by atoms with E-state index in [4.69, 9.17) is 17.0 Å². The van der Waals surface area contributed by atoms with Crippen molar-refractivity contribution in [1.29, 1.82) is 0 Å². The second kappa shape index (κ2) is 10.4. The summed E-state index contributed by atoms with van der Waals surface area (Å²) in [4.78, 5) is 13.3. The van der Waals surface area contributed by atoms with E-state index in [1.54, 1.807) is 29.2 Å². The SMILES string of the molecule is COC(=O)c1cc(Cc2ccccc2)sc1NC(=S)Nc1cnn(Cc2ccc(F)cc2)c1. The lowest BCUT2D eigenvalue weighted by atomic mass is 10.1. The topological polar surface area (TPSA) is 68.2 Å². The molecular weight excluding hydrogens is 459 g/mol. The van der Waals surface area contributed by atoms with Crippen LogP contribution in [-0.4, -0.2) is 28.0 Å². The Balaban J connectivity index is 1.42. The van der Waals surface area contributed by atoms with Gasteiger partial charge in [0, 0.05) is 17.5 Å². The Morgan fingerprint density at radius 2 is 1.88 bits per heavy atom. The van der Waals surface area contributed by atoms with E-state index in [1.807, 2.05) is 36.4 Å². The van der Waals surface area contributed by atoms with Gasteiger partial charge in [-0.05, 0) is 41.5 Å². The van der Waals surface area contributed by atoms with Gasteiger partial charge in [0.05, 0.1) is 31.1 Å². The minimum absolute atomic E-state index is 0.273. The van der Waals surface area contributed by atoms with Gasteiger partial charge in [-0.25, -0.2) is 9.18 Å². The van der Waals surface area contributed by atoms with E-state index in [0.29, 0.717) is 34.3 Å². The van der Waals surface area contributed by atoms with Crippen molar-refractivity contribution in [3.05, 3.63) is 100 Å². The summed E-state index contributed by atoms with van der Waals surface area (Å²) in [6.07, 6.45) is 4.15. The van der Waals surface area contributed by atoms with Crippen LogP contribution in [0.5, 0.6) is 0 Å². The van der Waals surface area contributed by atoms with Crippen molar-refractivity contribution in [2.24, 2.45) is 0 Å². The van der Waals surface area contributed by atoms with E-state index in [-0.39, 0.29) is 5.82 Å². The molecule has 0 bridgehead atoms. The highest BCUT2D eigenvalue weighted by atomic mass is 32.1. The zero-order chi connectivity index (χ0) is 23.2. The standard InChI is InChI=1S/C24H21FN4O2S2/c1-31-23(30)21-12-20(11-16-5-3-2-4-6-16)33-22(21)28-24(32)27-19-13-26-29(15-19)14-17-7-9-18(25)10-8-17/h2-10,12-13,15H,11,14H2,1H3,(H2,27,28,32). The molecule has 0 saturated heterocycles. The Kier molecular flexibility index (Phi) is 7.11. The number of thiophene rings is 1. The second-order valence-electron chi connectivity index (χ2n) is 7.24. The normalized spacial score (nSPS) is 10.6. The summed E-state index contributed by atoms with van der Waals surface area (Å²) in [5.74, 6) is -0.701. The molecule has 6 nitrogen and oxygen atoms in total. The molecule has 2 aromatic heterocycles. The summed E-state index contributed by atoms with van der Waals surface area (Å²) in [5.41, 5.74) is 3.20. The van der Waals surface area contributed by atoms with Gasteiger partial charge in [-0.1, -0.05) is 42.5 Å². The van der Waals surface area contributed by atoms with Crippen LogP contribution in [0.15, 0.2) is 73.1 Å². The number of hydrogen-bond donors (Lipinski definition) is 2. The van der Waals surface area contributed by atoms with Crippen molar-refractivity contribution >= 4 is 45.3 Å². The predicted molar refractivity (Wildman–Crippen MR) is 132 cm³/mol. The summed E-state index contributed by atoms with van der Waals surface area (Å²) < 4.78 is 19.7. The molecule has 0 spiro atoms. The molecule has 0 aliphatic rings. The van der Waals surface area contributed by atoms with E-state index >= 15 is 0 Å². The molecule has 9 heteroatoms. The highest BCUT2D eigenvalue weighted by Gasteiger charge is 2.18. The maximum atomic E-state index is 13.1. The number of nitrogens with zero attached hydrogens (tertiary/aromatic N) is 2. The largest absolute Gasteiger partial charge is 0.465 e. The average Bonchev–Trinajstić information content (AvgIpc) is 3.42. The van der Waals surface area contributed by atoms with E-state index in [1.165, 1.54) is 30.6 Å². The minimum Gasteiger partial charge on any atom is -0.465 e. The summed E-state index contributed by atoms with van der Waals surface area (Å²) in [5, 5.41) is 11.4. The molecule has 0 saturated carbocycles. The zero-order valence-corrected chi connectivity index (χ0v) is 19.4. The van der Waals surface area contributed by atoms with Gasteiger partial charge >= 0.3 is 5.97 Å². The highest BCUT2D eigenvalue weighted by molar-refractivity contribution is 7.80. The summed E-state index contributed by atoms with van der Waals surface area (Å²) in [6.45, 7) is 0.502. The zero-order valence-electron chi connectivity index (χ0n) is 17.7. The number of benzene rings is 2. The van der Waals surface area contributed by atoms with Gasteiger partial charge in [-0.2, -0.15) is 5.10 Å². The first kappa shape index (κ1) is 22.6. The first-order chi connectivity index (χ1) is 16.0. The Hall–Kier alpha value is -3.56. The van der Waals surface area contributed by atoms with Gasteiger partial charge in [0.2, 0.25) is 0 Å². The Bertz CT molecular complexity index is 1250. The number of ether oxygens (including phenoxy) is 1. The monoisotopic (exact) mass is 480 g/mol. The third kappa shape index (κ3) is 6.03. The number of anilines is 2. The molecule has 0 radical (unpaired) electrons. The first-order valence-corrected chi connectivity index (χ1v) is 11.3. The van der Waals surface area contributed by atoms with Crippen LogP contribution in [0.3, 0.4) is 0 Å². The smallest absolute Gasteiger partial charge is 0.340 e. The van der Waals surface area contributed by atoms with Crippen molar-refractivity contribution in [1.82, 2.24) is 9.78 Å². The molecule has 0 aliphatic carbocycles. The number of carbonyl (C=O) groups is 1. The maximum Gasteiger partial charge on any atom is 0.340 e. The lowest BCUT2D eigenvalue weighted by molar-refractivity contribution is 0.0602. The number of aromatic nitrogens is 2. The molecule has 0 amide bonds. The number of methoxy groups -OCH3 is 1. The second-order valence-corrected chi connectivity index (χ2v) is 8.79. The molecule has 2 N–H and O–H groups in total. The van der Waals surface area contributed by atoms with Gasteiger partial charge in [-0.15, -0.1) is 11.3 Å². The molecule has 33 heavy (non-hydrogen) atoms. The fourth-order valence-corrected chi connectivity index (χ4v) is 4.61.